The summed E-state index contributed by atoms with van der Waals surface area (Å²) in [6.45, 7) is 1.99. The van der Waals surface area contributed by atoms with Gasteiger partial charge in [-0.2, -0.15) is 0 Å². The summed E-state index contributed by atoms with van der Waals surface area (Å²) in [4.78, 5) is 29.7. The fraction of sp³-hybridized carbons (Fsp3) is 0.227. The van der Waals surface area contributed by atoms with Crippen LogP contribution in [0.4, 0.5) is 5.69 Å². The summed E-state index contributed by atoms with van der Waals surface area (Å²) in [6.07, 6.45) is 2.07. The Hall–Kier alpha value is -2.38. The molecule has 0 unspecified atom stereocenters. The first-order chi connectivity index (χ1) is 14.0. The summed E-state index contributed by atoms with van der Waals surface area (Å²) in [7, 11) is 0. The maximum atomic E-state index is 12.7. The number of nitrogens with zero attached hydrogens (tertiary/aromatic N) is 1. The van der Waals surface area contributed by atoms with E-state index in [1.54, 1.807) is 6.07 Å². The molecule has 3 aromatic rings. The van der Waals surface area contributed by atoms with Crippen molar-refractivity contribution in [3.8, 4) is 0 Å². The molecule has 1 heterocycles. The van der Waals surface area contributed by atoms with Crippen molar-refractivity contribution in [1.82, 2.24) is 10.3 Å². The third kappa shape index (κ3) is 4.97. The van der Waals surface area contributed by atoms with Crippen LogP contribution in [0.1, 0.15) is 28.8 Å². The number of halogens is 1. The van der Waals surface area contributed by atoms with Crippen molar-refractivity contribution in [2.24, 2.45) is 0 Å². The second-order valence-electron chi connectivity index (χ2n) is 7.09. The summed E-state index contributed by atoms with van der Waals surface area (Å²) >= 11 is 4.79. The molecule has 0 radical (unpaired) electrons. The monoisotopic (exact) mass is 469 g/mol. The van der Waals surface area contributed by atoms with Crippen LogP contribution in [0.15, 0.2) is 58.0 Å². The molecule has 5 nitrogen and oxygen atoms in total. The van der Waals surface area contributed by atoms with Crippen LogP contribution in [0.5, 0.6) is 0 Å². The van der Waals surface area contributed by atoms with Crippen molar-refractivity contribution < 1.29 is 9.59 Å². The molecule has 4 rings (SSSR count). The van der Waals surface area contributed by atoms with Crippen molar-refractivity contribution in [3.63, 3.8) is 0 Å². The van der Waals surface area contributed by atoms with E-state index in [0.29, 0.717) is 10.6 Å². The fourth-order valence-corrected chi connectivity index (χ4v) is 4.26. The Bertz CT molecular complexity index is 1100. The van der Waals surface area contributed by atoms with E-state index in [1.165, 1.54) is 11.8 Å². The van der Waals surface area contributed by atoms with Gasteiger partial charge in [-0.25, -0.2) is 4.98 Å². The lowest BCUT2D eigenvalue weighted by molar-refractivity contribution is -0.113. The Morgan fingerprint density at radius 1 is 1.17 bits per heavy atom. The maximum Gasteiger partial charge on any atom is 0.252 e. The van der Waals surface area contributed by atoms with Gasteiger partial charge in [-0.3, -0.25) is 9.59 Å². The van der Waals surface area contributed by atoms with E-state index in [-0.39, 0.29) is 23.6 Å². The highest BCUT2D eigenvalue weighted by Gasteiger charge is 2.25. The molecular weight excluding hydrogens is 450 g/mol. The van der Waals surface area contributed by atoms with Gasteiger partial charge in [0, 0.05) is 15.9 Å². The van der Waals surface area contributed by atoms with Crippen molar-refractivity contribution in [2.75, 3.05) is 11.1 Å². The summed E-state index contributed by atoms with van der Waals surface area (Å²) in [5.74, 6) is -0.00510. The molecule has 0 atom stereocenters. The van der Waals surface area contributed by atoms with Crippen LogP contribution < -0.4 is 10.6 Å². The standard InChI is InChI=1S/C22H20BrN3O2S/c1-13-6-9-19(17(23)10-13)25-20(27)12-29-21-11-16(22(28)24-14-7-8-14)15-4-2-3-5-18(15)26-21/h2-6,9-11,14H,7-8,12H2,1H3,(H,24,28)(H,25,27). The van der Waals surface area contributed by atoms with Crippen LogP contribution in [0.2, 0.25) is 0 Å². The number of anilines is 1. The first-order valence-electron chi connectivity index (χ1n) is 9.39. The van der Waals surface area contributed by atoms with Gasteiger partial charge < -0.3 is 10.6 Å². The van der Waals surface area contributed by atoms with Gasteiger partial charge in [0.25, 0.3) is 5.91 Å². The summed E-state index contributed by atoms with van der Waals surface area (Å²) < 4.78 is 0.846. The number of aromatic nitrogens is 1. The largest absolute Gasteiger partial charge is 0.349 e. The lowest BCUT2D eigenvalue weighted by Crippen LogP contribution is -2.25. The van der Waals surface area contributed by atoms with E-state index >= 15 is 0 Å². The molecule has 2 aromatic carbocycles. The zero-order chi connectivity index (χ0) is 20.4. The van der Waals surface area contributed by atoms with Gasteiger partial charge in [-0.05, 0) is 65.5 Å². The van der Waals surface area contributed by atoms with E-state index in [9.17, 15) is 9.59 Å². The second-order valence-corrected chi connectivity index (χ2v) is 8.94. The third-order valence-corrected chi connectivity index (χ3v) is 6.17. The molecule has 0 bridgehead atoms. The van der Waals surface area contributed by atoms with E-state index in [1.807, 2.05) is 49.4 Å². The Labute approximate surface area is 181 Å². The minimum absolute atomic E-state index is 0.0824. The number of fused-ring (bicyclic) bond motifs is 1. The molecule has 7 heteroatoms. The van der Waals surface area contributed by atoms with Gasteiger partial charge in [0.1, 0.15) is 0 Å². The Morgan fingerprint density at radius 3 is 2.72 bits per heavy atom. The average Bonchev–Trinajstić information content (AvgIpc) is 3.52. The number of para-hydroxylation sites is 1. The molecule has 148 valence electrons. The average molecular weight is 470 g/mol. The normalized spacial score (nSPS) is 13.3. The van der Waals surface area contributed by atoms with E-state index in [4.69, 9.17) is 0 Å². The van der Waals surface area contributed by atoms with Crippen LogP contribution in [-0.2, 0) is 4.79 Å². The van der Waals surface area contributed by atoms with Gasteiger partial charge in [-0.15, -0.1) is 0 Å². The molecule has 0 spiro atoms. The van der Waals surface area contributed by atoms with Crippen LogP contribution >= 0.6 is 27.7 Å². The fourth-order valence-electron chi connectivity index (χ4n) is 2.95. The zero-order valence-corrected chi connectivity index (χ0v) is 18.3. The smallest absolute Gasteiger partial charge is 0.252 e. The van der Waals surface area contributed by atoms with Gasteiger partial charge in [0.2, 0.25) is 5.91 Å². The number of hydrogen-bond acceptors (Lipinski definition) is 4. The number of rotatable bonds is 6. The molecule has 1 aliphatic rings. The van der Waals surface area contributed by atoms with Crippen molar-refractivity contribution in [1.29, 1.82) is 0 Å². The zero-order valence-electron chi connectivity index (χ0n) is 15.9. The van der Waals surface area contributed by atoms with Gasteiger partial charge in [0.15, 0.2) is 0 Å². The first-order valence-corrected chi connectivity index (χ1v) is 11.2. The van der Waals surface area contributed by atoms with Gasteiger partial charge in [-0.1, -0.05) is 36.0 Å². The second kappa shape index (κ2) is 8.55. The molecule has 0 saturated heterocycles. The Balaban J connectivity index is 1.49. The van der Waals surface area contributed by atoms with Crippen molar-refractivity contribution in [2.45, 2.75) is 30.8 Å². The molecule has 1 saturated carbocycles. The van der Waals surface area contributed by atoms with Gasteiger partial charge in [0.05, 0.1) is 27.5 Å². The Morgan fingerprint density at radius 2 is 1.97 bits per heavy atom. The van der Waals surface area contributed by atoms with Gasteiger partial charge >= 0.3 is 0 Å². The topological polar surface area (TPSA) is 71.1 Å². The number of benzene rings is 2. The molecule has 0 aliphatic heterocycles. The van der Waals surface area contributed by atoms with Crippen LogP contribution in [0, 0.1) is 6.92 Å². The van der Waals surface area contributed by atoms with E-state index in [0.717, 1.165) is 39.5 Å². The van der Waals surface area contributed by atoms with Crippen LogP contribution in [0.25, 0.3) is 10.9 Å². The number of aryl methyl sites for hydroxylation is 1. The highest BCUT2D eigenvalue weighted by molar-refractivity contribution is 9.10. The lowest BCUT2D eigenvalue weighted by atomic mass is 10.1. The minimum atomic E-state index is -0.126. The molecule has 2 amide bonds. The molecule has 1 aliphatic carbocycles. The number of pyridine rings is 1. The number of hydrogen-bond donors (Lipinski definition) is 2. The predicted molar refractivity (Wildman–Crippen MR) is 120 cm³/mol. The third-order valence-electron chi connectivity index (χ3n) is 4.60. The van der Waals surface area contributed by atoms with Crippen molar-refractivity contribution >= 4 is 56.1 Å². The highest BCUT2D eigenvalue weighted by atomic mass is 79.9. The highest BCUT2D eigenvalue weighted by Crippen LogP contribution is 2.27. The quantitative estimate of drug-likeness (QED) is 0.502. The van der Waals surface area contributed by atoms with Crippen LogP contribution in [0.3, 0.4) is 0 Å². The summed E-state index contributed by atoms with van der Waals surface area (Å²) in [6, 6.07) is 15.4. The van der Waals surface area contributed by atoms with E-state index in [2.05, 4.69) is 31.5 Å². The summed E-state index contributed by atoms with van der Waals surface area (Å²) in [5, 5.41) is 7.42. The minimum Gasteiger partial charge on any atom is -0.349 e. The van der Waals surface area contributed by atoms with E-state index < -0.39 is 0 Å². The predicted octanol–water partition coefficient (Wildman–Crippen LogP) is 4.93. The number of amides is 2. The number of carbonyl (C=O) groups excluding carboxylic acids is 2. The lowest BCUT2D eigenvalue weighted by Gasteiger charge is -2.10. The molecule has 1 fully saturated rings. The molecule has 29 heavy (non-hydrogen) atoms. The molecule has 1 aromatic heterocycles. The number of nitrogens with one attached hydrogen (secondary N) is 2. The molecular formula is C22H20BrN3O2S. The maximum absolute atomic E-state index is 12.7. The Kier molecular flexibility index (Phi) is 5.87. The molecule has 2 N–H and O–H groups in total. The summed E-state index contributed by atoms with van der Waals surface area (Å²) in [5.41, 5.74) is 3.20. The number of thioether (sulfide) groups is 1. The first kappa shape index (κ1) is 19.9. The SMILES string of the molecule is Cc1ccc(NC(=O)CSc2cc(C(=O)NC3CC3)c3ccccc3n2)c(Br)c1. The number of carbonyl (C=O) groups is 2. The van der Waals surface area contributed by atoms with Crippen molar-refractivity contribution in [3.05, 3.63) is 64.1 Å². The van der Waals surface area contributed by atoms with Crippen LogP contribution in [-0.4, -0.2) is 28.6 Å².